The second kappa shape index (κ2) is 7.48. The molecular weight excluding hydrogens is 240 g/mol. The van der Waals surface area contributed by atoms with Crippen LogP contribution in [0.3, 0.4) is 0 Å². The van der Waals surface area contributed by atoms with Crippen LogP contribution in [0.15, 0.2) is 24.3 Å². The molecule has 1 unspecified atom stereocenters. The van der Waals surface area contributed by atoms with E-state index in [9.17, 15) is 0 Å². The van der Waals surface area contributed by atoms with Crippen LogP contribution in [0.4, 0.5) is 0 Å². The van der Waals surface area contributed by atoms with Crippen molar-refractivity contribution in [2.75, 3.05) is 40.0 Å². The molecule has 1 atom stereocenters. The topological polar surface area (TPSA) is 47.7 Å². The molecule has 0 saturated carbocycles. The standard InChI is InChI=1S/C15H24N2O2/c1-18-12-14-6-7-17(11-14)8-9-19-15-4-2-13(10-16)3-5-15/h2-5,14H,6-12,16H2,1H3. The Morgan fingerprint density at radius 2 is 2.11 bits per heavy atom. The third-order valence-electron chi connectivity index (χ3n) is 3.61. The van der Waals surface area contributed by atoms with Gasteiger partial charge in [0.05, 0.1) is 6.61 Å². The Kier molecular flexibility index (Phi) is 5.63. The molecule has 1 aliphatic heterocycles. The highest BCUT2D eigenvalue weighted by Crippen LogP contribution is 2.16. The molecule has 0 aromatic heterocycles. The molecule has 1 fully saturated rings. The summed E-state index contributed by atoms with van der Waals surface area (Å²) in [5.41, 5.74) is 6.70. The fourth-order valence-corrected chi connectivity index (χ4v) is 2.50. The molecule has 1 heterocycles. The van der Waals surface area contributed by atoms with E-state index in [-0.39, 0.29) is 0 Å². The Morgan fingerprint density at radius 1 is 1.32 bits per heavy atom. The van der Waals surface area contributed by atoms with E-state index < -0.39 is 0 Å². The largest absolute Gasteiger partial charge is 0.492 e. The summed E-state index contributed by atoms with van der Waals surface area (Å²) in [5.74, 6) is 1.61. The predicted molar refractivity (Wildman–Crippen MR) is 76.3 cm³/mol. The lowest BCUT2D eigenvalue weighted by Gasteiger charge is -2.16. The number of hydrogen-bond donors (Lipinski definition) is 1. The number of likely N-dealkylation sites (tertiary alicyclic amines) is 1. The highest BCUT2D eigenvalue weighted by molar-refractivity contribution is 5.27. The summed E-state index contributed by atoms with van der Waals surface area (Å²) in [6.45, 7) is 5.46. The van der Waals surface area contributed by atoms with Crippen molar-refractivity contribution in [3.8, 4) is 5.75 Å². The Balaban J connectivity index is 1.66. The van der Waals surface area contributed by atoms with Crippen molar-refractivity contribution in [3.05, 3.63) is 29.8 Å². The lowest BCUT2D eigenvalue weighted by atomic mass is 10.1. The average molecular weight is 264 g/mol. The zero-order valence-corrected chi connectivity index (χ0v) is 11.7. The van der Waals surface area contributed by atoms with Gasteiger partial charge in [-0.2, -0.15) is 0 Å². The normalized spacial score (nSPS) is 19.8. The van der Waals surface area contributed by atoms with Gasteiger partial charge in [-0.15, -0.1) is 0 Å². The second-order valence-electron chi connectivity index (χ2n) is 5.11. The first-order valence-corrected chi connectivity index (χ1v) is 6.95. The van der Waals surface area contributed by atoms with E-state index in [0.717, 1.165) is 44.2 Å². The van der Waals surface area contributed by atoms with Crippen molar-refractivity contribution < 1.29 is 9.47 Å². The summed E-state index contributed by atoms with van der Waals surface area (Å²) in [5, 5.41) is 0. The fraction of sp³-hybridized carbons (Fsp3) is 0.600. The van der Waals surface area contributed by atoms with E-state index in [4.69, 9.17) is 15.2 Å². The lowest BCUT2D eigenvalue weighted by Crippen LogP contribution is -2.26. The van der Waals surface area contributed by atoms with Crippen molar-refractivity contribution in [3.63, 3.8) is 0 Å². The Bertz CT molecular complexity index is 367. The second-order valence-corrected chi connectivity index (χ2v) is 5.11. The number of nitrogens with two attached hydrogens (primary N) is 1. The number of rotatable bonds is 7. The molecule has 2 rings (SSSR count). The summed E-state index contributed by atoms with van der Waals surface area (Å²) < 4.78 is 11.0. The minimum Gasteiger partial charge on any atom is -0.492 e. The molecule has 0 amide bonds. The van der Waals surface area contributed by atoms with Crippen LogP contribution in [0.5, 0.6) is 5.75 Å². The molecule has 1 aromatic rings. The maximum atomic E-state index is 5.75. The molecule has 4 heteroatoms. The molecule has 4 nitrogen and oxygen atoms in total. The maximum absolute atomic E-state index is 5.75. The Hall–Kier alpha value is -1.10. The van der Waals surface area contributed by atoms with Gasteiger partial charge < -0.3 is 15.2 Å². The van der Waals surface area contributed by atoms with Gasteiger partial charge in [0.2, 0.25) is 0 Å². The van der Waals surface area contributed by atoms with Crippen molar-refractivity contribution in [1.29, 1.82) is 0 Å². The van der Waals surface area contributed by atoms with Gasteiger partial charge in [0.25, 0.3) is 0 Å². The smallest absolute Gasteiger partial charge is 0.119 e. The van der Waals surface area contributed by atoms with E-state index in [2.05, 4.69) is 4.90 Å². The molecule has 0 aliphatic carbocycles. The number of nitrogens with zero attached hydrogens (tertiary/aromatic N) is 1. The first-order valence-electron chi connectivity index (χ1n) is 6.95. The lowest BCUT2D eigenvalue weighted by molar-refractivity contribution is 0.150. The first-order chi connectivity index (χ1) is 9.31. The van der Waals surface area contributed by atoms with Gasteiger partial charge in [-0.3, -0.25) is 4.90 Å². The van der Waals surface area contributed by atoms with Crippen LogP contribution in [0, 0.1) is 5.92 Å². The van der Waals surface area contributed by atoms with Gasteiger partial charge in [0, 0.05) is 26.7 Å². The van der Waals surface area contributed by atoms with Crippen LogP contribution < -0.4 is 10.5 Å². The fourth-order valence-electron chi connectivity index (χ4n) is 2.50. The molecule has 2 N–H and O–H groups in total. The van der Waals surface area contributed by atoms with E-state index in [1.54, 1.807) is 7.11 Å². The van der Waals surface area contributed by atoms with Gasteiger partial charge in [-0.25, -0.2) is 0 Å². The minimum absolute atomic E-state index is 0.578. The number of benzene rings is 1. The van der Waals surface area contributed by atoms with E-state index in [1.807, 2.05) is 24.3 Å². The SMILES string of the molecule is COCC1CCN(CCOc2ccc(CN)cc2)C1. The van der Waals surface area contributed by atoms with Gasteiger partial charge in [0.1, 0.15) is 12.4 Å². The van der Waals surface area contributed by atoms with Gasteiger partial charge in [0.15, 0.2) is 0 Å². The summed E-state index contributed by atoms with van der Waals surface area (Å²) in [7, 11) is 1.77. The van der Waals surface area contributed by atoms with Crippen LogP contribution >= 0.6 is 0 Å². The van der Waals surface area contributed by atoms with Crippen LogP contribution in [0.1, 0.15) is 12.0 Å². The summed E-state index contributed by atoms with van der Waals surface area (Å²) >= 11 is 0. The zero-order valence-electron chi connectivity index (χ0n) is 11.7. The van der Waals surface area contributed by atoms with Gasteiger partial charge in [-0.05, 0) is 36.6 Å². The van der Waals surface area contributed by atoms with Crippen LogP contribution in [0.2, 0.25) is 0 Å². The number of hydrogen-bond acceptors (Lipinski definition) is 4. The molecule has 19 heavy (non-hydrogen) atoms. The quantitative estimate of drug-likeness (QED) is 0.810. The Morgan fingerprint density at radius 3 is 2.79 bits per heavy atom. The van der Waals surface area contributed by atoms with Crippen molar-refractivity contribution in [2.45, 2.75) is 13.0 Å². The van der Waals surface area contributed by atoms with Gasteiger partial charge in [-0.1, -0.05) is 12.1 Å². The zero-order chi connectivity index (χ0) is 13.5. The summed E-state index contributed by atoms with van der Waals surface area (Å²) in [4.78, 5) is 2.44. The van der Waals surface area contributed by atoms with Gasteiger partial charge >= 0.3 is 0 Å². The van der Waals surface area contributed by atoms with Crippen molar-refractivity contribution in [2.24, 2.45) is 11.7 Å². The van der Waals surface area contributed by atoms with Crippen molar-refractivity contribution >= 4 is 0 Å². The number of ether oxygens (including phenoxy) is 2. The van der Waals surface area contributed by atoms with E-state index >= 15 is 0 Å². The molecule has 1 aliphatic rings. The molecule has 1 aromatic carbocycles. The van der Waals surface area contributed by atoms with E-state index in [0.29, 0.717) is 12.5 Å². The molecule has 0 bridgehead atoms. The number of methoxy groups -OCH3 is 1. The monoisotopic (exact) mass is 264 g/mol. The highest BCUT2D eigenvalue weighted by atomic mass is 16.5. The van der Waals surface area contributed by atoms with Crippen LogP contribution in [0.25, 0.3) is 0 Å². The average Bonchev–Trinajstić information content (AvgIpc) is 2.88. The Labute approximate surface area is 115 Å². The molecule has 106 valence electrons. The maximum Gasteiger partial charge on any atom is 0.119 e. The molecular formula is C15H24N2O2. The van der Waals surface area contributed by atoms with E-state index in [1.165, 1.54) is 6.42 Å². The third kappa shape index (κ3) is 4.49. The molecule has 0 radical (unpaired) electrons. The van der Waals surface area contributed by atoms with Crippen molar-refractivity contribution in [1.82, 2.24) is 4.90 Å². The molecule has 1 saturated heterocycles. The predicted octanol–water partition coefficient (Wildman–Crippen LogP) is 1.49. The van der Waals surface area contributed by atoms with Crippen LogP contribution in [-0.4, -0.2) is 44.9 Å². The summed E-state index contributed by atoms with van der Waals surface area (Å²) in [6.07, 6.45) is 1.24. The first kappa shape index (κ1) is 14.3. The minimum atomic E-state index is 0.578. The molecule has 0 spiro atoms. The third-order valence-corrected chi connectivity index (χ3v) is 3.61. The van der Waals surface area contributed by atoms with Crippen LogP contribution in [-0.2, 0) is 11.3 Å². The highest BCUT2D eigenvalue weighted by Gasteiger charge is 2.21. The summed E-state index contributed by atoms with van der Waals surface area (Å²) in [6, 6.07) is 8.00.